The molecule has 20 heavy (non-hydrogen) atoms. The largest absolute Gasteiger partial charge is 0.398 e. The highest BCUT2D eigenvalue weighted by Gasteiger charge is 2.04. The zero-order valence-electron chi connectivity index (χ0n) is 11.3. The molecule has 0 fully saturated rings. The smallest absolute Gasteiger partial charge is 0.251 e. The van der Waals surface area contributed by atoms with E-state index >= 15 is 0 Å². The van der Waals surface area contributed by atoms with Crippen molar-refractivity contribution in [1.29, 1.82) is 0 Å². The van der Waals surface area contributed by atoms with Crippen LogP contribution in [0.4, 0.5) is 5.69 Å². The SMILES string of the molecule is Cc1ccc(CNC(=O)Cn2cc(N)ccc2=O)cc1. The van der Waals surface area contributed by atoms with Crippen molar-refractivity contribution in [2.75, 3.05) is 5.73 Å². The summed E-state index contributed by atoms with van der Waals surface area (Å²) in [4.78, 5) is 23.4. The molecule has 0 aliphatic heterocycles. The van der Waals surface area contributed by atoms with Gasteiger partial charge in [-0.2, -0.15) is 0 Å². The average molecular weight is 271 g/mol. The maximum Gasteiger partial charge on any atom is 0.251 e. The van der Waals surface area contributed by atoms with Crippen LogP contribution in [-0.4, -0.2) is 10.5 Å². The number of benzene rings is 1. The van der Waals surface area contributed by atoms with E-state index in [4.69, 9.17) is 5.73 Å². The van der Waals surface area contributed by atoms with Crippen molar-refractivity contribution in [3.8, 4) is 0 Å². The summed E-state index contributed by atoms with van der Waals surface area (Å²) in [6.07, 6.45) is 1.47. The van der Waals surface area contributed by atoms with Crippen LogP contribution in [-0.2, 0) is 17.9 Å². The fourth-order valence-electron chi connectivity index (χ4n) is 1.79. The van der Waals surface area contributed by atoms with Gasteiger partial charge in [-0.1, -0.05) is 29.8 Å². The number of nitrogen functional groups attached to an aromatic ring is 1. The fraction of sp³-hybridized carbons (Fsp3) is 0.200. The van der Waals surface area contributed by atoms with E-state index in [1.165, 1.54) is 28.5 Å². The molecule has 0 unspecified atom stereocenters. The normalized spacial score (nSPS) is 10.2. The number of aryl methyl sites for hydroxylation is 1. The van der Waals surface area contributed by atoms with Crippen LogP contribution in [0, 0.1) is 6.92 Å². The Morgan fingerprint density at radius 3 is 2.60 bits per heavy atom. The number of anilines is 1. The van der Waals surface area contributed by atoms with Gasteiger partial charge in [0.15, 0.2) is 0 Å². The molecule has 2 rings (SSSR count). The van der Waals surface area contributed by atoms with Crippen molar-refractivity contribution < 1.29 is 4.79 Å². The Morgan fingerprint density at radius 1 is 1.20 bits per heavy atom. The van der Waals surface area contributed by atoms with E-state index < -0.39 is 0 Å². The van der Waals surface area contributed by atoms with Gasteiger partial charge >= 0.3 is 0 Å². The molecule has 0 spiro atoms. The van der Waals surface area contributed by atoms with Crippen molar-refractivity contribution in [2.24, 2.45) is 0 Å². The average Bonchev–Trinajstić information content (AvgIpc) is 2.42. The quantitative estimate of drug-likeness (QED) is 0.872. The Morgan fingerprint density at radius 2 is 1.90 bits per heavy atom. The number of nitrogens with two attached hydrogens (primary N) is 1. The number of hydrogen-bond acceptors (Lipinski definition) is 3. The van der Waals surface area contributed by atoms with E-state index in [1.807, 2.05) is 31.2 Å². The van der Waals surface area contributed by atoms with Gasteiger partial charge < -0.3 is 15.6 Å². The third-order valence-corrected chi connectivity index (χ3v) is 2.93. The number of aromatic nitrogens is 1. The molecular formula is C15H17N3O2. The van der Waals surface area contributed by atoms with E-state index in [-0.39, 0.29) is 18.0 Å². The van der Waals surface area contributed by atoms with Gasteiger partial charge in [-0.25, -0.2) is 0 Å². The molecule has 1 aromatic carbocycles. The minimum absolute atomic E-state index is 0.0320. The Balaban J connectivity index is 1.94. The molecule has 0 atom stereocenters. The number of amides is 1. The zero-order chi connectivity index (χ0) is 14.5. The van der Waals surface area contributed by atoms with Crippen LogP contribution in [0.25, 0.3) is 0 Å². The number of nitrogens with zero attached hydrogens (tertiary/aromatic N) is 1. The third-order valence-electron chi connectivity index (χ3n) is 2.93. The lowest BCUT2D eigenvalue weighted by Crippen LogP contribution is -2.31. The molecule has 3 N–H and O–H groups in total. The summed E-state index contributed by atoms with van der Waals surface area (Å²) in [6.45, 7) is 2.42. The van der Waals surface area contributed by atoms with Crippen molar-refractivity contribution >= 4 is 11.6 Å². The highest BCUT2D eigenvalue weighted by Crippen LogP contribution is 2.02. The standard InChI is InChI=1S/C15H17N3O2/c1-11-2-4-12(5-3-11)8-17-14(19)10-18-9-13(16)6-7-15(18)20/h2-7,9H,8,10,16H2,1H3,(H,17,19). The molecule has 0 saturated heterocycles. The summed E-state index contributed by atoms with van der Waals surface area (Å²) >= 11 is 0. The summed E-state index contributed by atoms with van der Waals surface area (Å²) in [7, 11) is 0. The number of carbonyl (C=O) groups excluding carboxylic acids is 1. The van der Waals surface area contributed by atoms with Crippen molar-refractivity contribution in [3.63, 3.8) is 0 Å². The van der Waals surface area contributed by atoms with Crippen molar-refractivity contribution in [2.45, 2.75) is 20.0 Å². The van der Waals surface area contributed by atoms with E-state index in [9.17, 15) is 9.59 Å². The minimum Gasteiger partial charge on any atom is -0.398 e. The van der Waals surface area contributed by atoms with Gasteiger partial charge in [0.2, 0.25) is 5.91 Å². The van der Waals surface area contributed by atoms with Crippen LogP contribution in [0.15, 0.2) is 47.4 Å². The molecule has 1 amide bonds. The van der Waals surface area contributed by atoms with Gasteiger partial charge in [-0.15, -0.1) is 0 Å². The molecule has 0 aliphatic carbocycles. The first-order valence-electron chi connectivity index (χ1n) is 6.33. The van der Waals surface area contributed by atoms with Crippen LogP contribution in [0.5, 0.6) is 0 Å². The summed E-state index contributed by atoms with van der Waals surface area (Å²) in [6, 6.07) is 10.8. The van der Waals surface area contributed by atoms with Gasteiger partial charge in [0, 0.05) is 24.5 Å². The monoisotopic (exact) mass is 271 g/mol. The molecule has 1 aromatic heterocycles. The van der Waals surface area contributed by atoms with E-state index in [0.717, 1.165) is 5.56 Å². The summed E-state index contributed by atoms with van der Waals surface area (Å²) < 4.78 is 1.29. The first-order chi connectivity index (χ1) is 9.54. The second kappa shape index (κ2) is 6.06. The summed E-state index contributed by atoms with van der Waals surface area (Å²) in [5.74, 6) is -0.224. The Hall–Kier alpha value is -2.56. The van der Waals surface area contributed by atoms with Crippen LogP contribution in [0.2, 0.25) is 0 Å². The van der Waals surface area contributed by atoms with E-state index in [1.54, 1.807) is 0 Å². The second-order valence-corrected chi connectivity index (χ2v) is 4.69. The van der Waals surface area contributed by atoms with Gasteiger partial charge in [0.25, 0.3) is 5.56 Å². The number of hydrogen-bond donors (Lipinski definition) is 2. The predicted molar refractivity (Wildman–Crippen MR) is 78.1 cm³/mol. The maximum absolute atomic E-state index is 11.8. The molecule has 5 nitrogen and oxygen atoms in total. The Kier molecular flexibility index (Phi) is 4.20. The van der Waals surface area contributed by atoms with Gasteiger partial charge in [0.1, 0.15) is 6.54 Å². The summed E-state index contributed by atoms with van der Waals surface area (Å²) in [5.41, 5.74) is 7.99. The lowest BCUT2D eigenvalue weighted by molar-refractivity contribution is -0.121. The van der Waals surface area contributed by atoms with Crippen LogP contribution in [0.1, 0.15) is 11.1 Å². The molecular weight excluding hydrogens is 254 g/mol. The van der Waals surface area contributed by atoms with Gasteiger partial charge in [-0.3, -0.25) is 9.59 Å². The molecule has 104 valence electrons. The molecule has 0 radical (unpaired) electrons. The molecule has 5 heteroatoms. The molecule has 0 saturated carbocycles. The number of nitrogens with one attached hydrogen (secondary N) is 1. The number of pyridine rings is 1. The summed E-state index contributed by atoms with van der Waals surface area (Å²) in [5, 5.41) is 2.77. The second-order valence-electron chi connectivity index (χ2n) is 4.69. The van der Waals surface area contributed by atoms with Crippen molar-refractivity contribution in [1.82, 2.24) is 9.88 Å². The first kappa shape index (κ1) is 13.9. The molecule has 0 bridgehead atoms. The van der Waals surface area contributed by atoms with E-state index in [0.29, 0.717) is 12.2 Å². The fourth-order valence-corrected chi connectivity index (χ4v) is 1.79. The highest BCUT2D eigenvalue weighted by atomic mass is 16.2. The van der Waals surface area contributed by atoms with Crippen LogP contribution in [0.3, 0.4) is 0 Å². The topological polar surface area (TPSA) is 77.1 Å². The molecule has 2 aromatic rings. The number of carbonyl (C=O) groups is 1. The maximum atomic E-state index is 11.8. The molecule has 1 heterocycles. The van der Waals surface area contributed by atoms with Crippen LogP contribution < -0.4 is 16.6 Å². The number of rotatable bonds is 4. The van der Waals surface area contributed by atoms with Crippen LogP contribution >= 0.6 is 0 Å². The lowest BCUT2D eigenvalue weighted by atomic mass is 10.1. The Labute approximate surface area is 117 Å². The first-order valence-corrected chi connectivity index (χ1v) is 6.33. The Bertz CT molecular complexity index is 660. The van der Waals surface area contributed by atoms with Gasteiger partial charge in [0.05, 0.1) is 0 Å². The van der Waals surface area contributed by atoms with E-state index in [2.05, 4.69) is 5.32 Å². The van der Waals surface area contributed by atoms with Crippen molar-refractivity contribution in [3.05, 3.63) is 64.1 Å². The molecule has 0 aliphatic rings. The van der Waals surface area contributed by atoms with Gasteiger partial charge in [-0.05, 0) is 18.6 Å². The third kappa shape index (κ3) is 3.71. The zero-order valence-corrected chi connectivity index (χ0v) is 11.3. The lowest BCUT2D eigenvalue weighted by Gasteiger charge is -2.08. The highest BCUT2D eigenvalue weighted by molar-refractivity contribution is 5.75. The minimum atomic E-state index is -0.246. The predicted octanol–water partition coefficient (Wildman–Crippen LogP) is 1.06.